The summed E-state index contributed by atoms with van der Waals surface area (Å²) >= 11 is 0. The zero-order valence-corrected chi connectivity index (χ0v) is 16.4. The van der Waals surface area contributed by atoms with Gasteiger partial charge in [-0.05, 0) is 30.8 Å². The van der Waals surface area contributed by atoms with Crippen molar-refractivity contribution in [2.24, 2.45) is 0 Å². The zero-order chi connectivity index (χ0) is 19.9. The maximum absolute atomic E-state index is 13.3. The molecule has 3 rings (SSSR count). The van der Waals surface area contributed by atoms with Crippen LogP contribution in [-0.4, -0.2) is 66.6 Å². The lowest BCUT2D eigenvalue weighted by atomic mass is 10.2. The molecule has 0 atom stereocenters. The van der Waals surface area contributed by atoms with Crippen LogP contribution in [0.1, 0.15) is 23.0 Å². The van der Waals surface area contributed by atoms with E-state index in [0.29, 0.717) is 30.9 Å². The van der Waals surface area contributed by atoms with Crippen molar-refractivity contribution in [3.05, 3.63) is 59.9 Å². The summed E-state index contributed by atoms with van der Waals surface area (Å²) in [4.78, 5) is 35.2. The van der Waals surface area contributed by atoms with Crippen LogP contribution in [0, 0.1) is 0 Å². The van der Waals surface area contributed by atoms with E-state index in [1.165, 1.54) is 13.3 Å². The predicted octanol–water partition coefficient (Wildman–Crippen LogP) is 2.63. The molecule has 7 nitrogen and oxygen atoms in total. The molecule has 0 bridgehead atoms. The molecule has 0 aliphatic carbocycles. The Hall–Kier alpha value is -2.93. The van der Waals surface area contributed by atoms with E-state index >= 15 is 0 Å². The molecule has 1 aliphatic rings. The number of hydrogen-bond acceptors (Lipinski definition) is 5. The van der Waals surface area contributed by atoms with E-state index in [1.807, 2.05) is 35.2 Å². The summed E-state index contributed by atoms with van der Waals surface area (Å²) in [5, 5.41) is 0. The van der Waals surface area contributed by atoms with Gasteiger partial charge >= 0.3 is 12.0 Å². The maximum Gasteiger partial charge on any atom is 0.339 e. The van der Waals surface area contributed by atoms with E-state index < -0.39 is 5.97 Å². The van der Waals surface area contributed by atoms with Crippen molar-refractivity contribution in [1.82, 2.24) is 14.8 Å². The van der Waals surface area contributed by atoms with Gasteiger partial charge in [-0.2, -0.15) is 0 Å². The normalized spacial score (nSPS) is 14.6. The number of urea groups is 1. The SMILES string of the molecule is CCN1CCN(C(=O)N(Cc2ccc(C(=O)OC)cn2)c2ccccc2)CC1. The Morgan fingerprint density at radius 1 is 1.07 bits per heavy atom. The van der Waals surface area contributed by atoms with E-state index in [0.717, 1.165) is 25.3 Å². The van der Waals surface area contributed by atoms with Crippen molar-refractivity contribution >= 4 is 17.7 Å². The van der Waals surface area contributed by atoms with Crippen molar-refractivity contribution in [3.8, 4) is 0 Å². The van der Waals surface area contributed by atoms with Gasteiger partial charge in [0.05, 0.1) is 24.9 Å². The number of methoxy groups -OCH3 is 1. The highest BCUT2D eigenvalue weighted by Crippen LogP contribution is 2.19. The van der Waals surface area contributed by atoms with Gasteiger partial charge in [-0.15, -0.1) is 0 Å². The maximum atomic E-state index is 13.3. The summed E-state index contributed by atoms with van der Waals surface area (Å²) in [7, 11) is 1.34. The van der Waals surface area contributed by atoms with Crippen LogP contribution in [0.2, 0.25) is 0 Å². The van der Waals surface area contributed by atoms with Crippen LogP contribution in [0.25, 0.3) is 0 Å². The van der Waals surface area contributed by atoms with Gasteiger partial charge in [0.15, 0.2) is 0 Å². The van der Waals surface area contributed by atoms with Gasteiger partial charge in [-0.1, -0.05) is 25.1 Å². The molecule has 1 aromatic heterocycles. The molecule has 0 unspecified atom stereocenters. The number of likely N-dealkylation sites (N-methyl/N-ethyl adjacent to an activating group) is 1. The highest BCUT2D eigenvalue weighted by molar-refractivity contribution is 5.92. The van der Waals surface area contributed by atoms with Gasteiger partial charge in [0.1, 0.15) is 0 Å². The van der Waals surface area contributed by atoms with Gasteiger partial charge < -0.3 is 14.5 Å². The monoisotopic (exact) mass is 382 g/mol. The van der Waals surface area contributed by atoms with Crippen molar-refractivity contribution in [2.75, 3.05) is 44.7 Å². The first-order valence-electron chi connectivity index (χ1n) is 9.49. The second kappa shape index (κ2) is 9.32. The topological polar surface area (TPSA) is 66.0 Å². The molecule has 2 amide bonds. The number of ether oxygens (including phenoxy) is 1. The first-order chi connectivity index (χ1) is 13.6. The fourth-order valence-corrected chi connectivity index (χ4v) is 3.22. The van der Waals surface area contributed by atoms with Crippen LogP contribution >= 0.6 is 0 Å². The van der Waals surface area contributed by atoms with Crippen LogP contribution in [0.4, 0.5) is 10.5 Å². The van der Waals surface area contributed by atoms with Crippen LogP contribution in [0.5, 0.6) is 0 Å². The number of piperazine rings is 1. The van der Waals surface area contributed by atoms with Gasteiger partial charge in [-0.25, -0.2) is 9.59 Å². The number of anilines is 1. The smallest absolute Gasteiger partial charge is 0.339 e. The predicted molar refractivity (Wildman–Crippen MR) is 107 cm³/mol. The minimum Gasteiger partial charge on any atom is -0.465 e. The number of para-hydroxylation sites is 1. The number of pyridine rings is 1. The molecular weight excluding hydrogens is 356 g/mol. The third-order valence-electron chi connectivity index (χ3n) is 4.95. The standard InChI is InChI=1S/C21H26N4O3/c1-3-23-11-13-24(14-12-23)21(27)25(19-7-5-4-6-8-19)16-18-10-9-17(15-22-18)20(26)28-2/h4-10,15H,3,11-14,16H2,1-2H3. The number of hydrogen-bond donors (Lipinski definition) is 0. The fraction of sp³-hybridized carbons (Fsp3) is 0.381. The molecule has 0 saturated carbocycles. The second-order valence-corrected chi connectivity index (χ2v) is 6.66. The lowest BCUT2D eigenvalue weighted by Crippen LogP contribution is -2.52. The van der Waals surface area contributed by atoms with Crippen LogP contribution in [0.15, 0.2) is 48.7 Å². The Bertz CT molecular complexity index is 787. The third-order valence-corrected chi connectivity index (χ3v) is 4.95. The summed E-state index contributed by atoms with van der Waals surface area (Å²) in [6.07, 6.45) is 1.48. The van der Waals surface area contributed by atoms with Crippen LogP contribution in [0.3, 0.4) is 0 Å². The zero-order valence-electron chi connectivity index (χ0n) is 16.4. The number of esters is 1. The molecular formula is C21H26N4O3. The van der Waals surface area contributed by atoms with Crippen LogP contribution in [-0.2, 0) is 11.3 Å². The molecule has 1 aliphatic heterocycles. The Kier molecular flexibility index (Phi) is 6.60. The number of carbonyl (C=O) groups is 2. The highest BCUT2D eigenvalue weighted by Gasteiger charge is 2.26. The number of rotatable bonds is 5. The van der Waals surface area contributed by atoms with Crippen molar-refractivity contribution < 1.29 is 14.3 Å². The minimum absolute atomic E-state index is 0.0270. The van der Waals surface area contributed by atoms with Gasteiger partial charge in [-0.3, -0.25) is 9.88 Å². The highest BCUT2D eigenvalue weighted by atomic mass is 16.5. The molecule has 1 fully saturated rings. The minimum atomic E-state index is -0.427. The average Bonchev–Trinajstić information content (AvgIpc) is 2.77. The number of nitrogens with zero attached hydrogens (tertiary/aromatic N) is 4. The van der Waals surface area contributed by atoms with Gasteiger partial charge in [0.2, 0.25) is 0 Å². The van der Waals surface area contributed by atoms with E-state index in [2.05, 4.69) is 16.8 Å². The van der Waals surface area contributed by atoms with Crippen molar-refractivity contribution in [3.63, 3.8) is 0 Å². The fourth-order valence-electron chi connectivity index (χ4n) is 3.22. The number of amides is 2. The number of aromatic nitrogens is 1. The van der Waals surface area contributed by atoms with E-state index in [9.17, 15) is 9.59 Å². The lowest BCUT2D eigenvalue weighted by Gasteiger charge is -2.37. The lowest BCUT2D eigenvalue weighted by molar-refractivity contribution is 0.0600. The Labute approximate surface area is 165 Å². The Morgan fingerprint density at radius 2 is 1.79 bits per heavy atom. The van der Waals surface area contributed by atoms with E-state index in [1.54, 1.807) is 17.0 Å². The van der Waals surface area contributed by atoms with Crippen LogP contribution < -0.4 is 4.90 Å². The largest absolute Gasteiger partial charge is 0.465 e. The quantitative estimate of drug-likeness (QED) is 0.744. The van der Waals surface area contributed by atoms with Gasteiger partial charge in [0.25, 0.3) is 0 Å². The molecule has 2 heterocycles. The third kappa shape index (κ3) is 4.67. The number of carbonyl (C=O) groups excluding carboxylic acids is 2. The number of benzene rings is 1. The molecule has 0 N–H and O–H groups in total. The van der Waals surface area contributed by atoms with Crippen molar-refractivity contribution in [2.45, 2.75) is 13.5 Å². The Balaban J connectivity index is 1.78. The molecule has 0 radical (unpaired) electrons. The summed E-state index contributed by atoms with van der Waals surface area (Å²) < 4.78 is 4.71. The second-order valence-electron chi connectivity index (χ2n) is 6.66. The van der Waals surface area contributed by atoms with Crippen molar-refractivity contribution in [1.29, 1.82) is 0 Å². The van der Waals surface area contributed by atoms with E-state index in [-0.39, 0.29) is 6.03 Å². The van der Waals surface area contributed by atoms with E-state index in [4.69, 9.17) is 4.74 Å². The summed E-state index contributed by atoms with van der Waals surface area (Å²) in [6, 6.07) is 13.0. The molecule has 148 valence electrons. The summed E-state index contributed by atoms with van der Waals surface area (Å²) in [5.74, 6) is -0.427. The molecule has 0 spiro atoms. The first-order valence-corrected chi connectivity index (χ1v) is 9.49. The molecule has 1 saturated heterocycles. The molecule has 7 heteroatoms. The van der Waals surface area contributed by atoms with Gasteiger partial charge in [0, 0.05) is 38.1 Å². The molecule has 28 heavy (non-hydrogen) atoms. The molecule has 2 aromatic rings. The first kappa shape index (κ1) is 19.8. The summed E-state index contributed by atoms with van der Waals surface area (Å²) in [5.41, 5.74) is 1.92. The average molecular weight is 382 g/mol. The Morgan fingerprint density at radius 3 is 2.36 bits per heavy atom. The summed E-state index contributed by atoms with van der Waals surface area (Å²) in [6.45, 7) is 6.67. The molecule has 1 aromatic carbocycles.